The molecule has 1 N–H and O–H groups in total. The summed E-state index contributed by atoms with van der Waals surface area (Å²) in [5, 5.41) is 10.1. The van der Waals surface area contributed by atoms with Gasteiger partial charge in [-0.2, -0.15) is 0 Å². The maximum Gasteiger partial charge on any atom is 0.284 e. The predicted octanol–water partition coefficient (Wildman–Crippen LogP) is 2.30. The molecule has 0 bridgehead atoms. The second-order valence-electron chi connectivity index (χ2n) is 3.06. The second kappa shape index (κ2) is 3.83. The Kier molecular flexibility index (Phi) is 2.98. The molecule has 1 aromatic heterocycles. The molecule has 74 valence electrons. The molecule has 0 aliphatic carbocycles. The summed E-state index contributed by atoms with van der Waals surface area (Å²) in [5.41, 5.74) is -0.850. The monoisotopic (exact) mass is 184 g/mol. The van der Waals surface area contributed by atoms with Crippen molar-refractivity contribution in [2.45, 2.75) is 32.3 Å². The Labute approximate surface area is 78.3 Å². The highest BCUT2D eigenvalue weighted by atomic mass is 16.6. The van der Waals surface area contributed by atoms with Crippen LogP contribution in [-0.2, 0) is 5.60 Å². The normalized spacial score (nSPS) is 11.7. The van der Waals surface area contributed by atoms with Crippen LogP contribution in [0.25, 0.3) is 0 Å². The van der Waals surface area contributed by atoms with Crippen LogP contribution in [0.3, 0.4) is 0 Å². The van der Waals surface area contributed by atoms with Gasteiger partial charge in [-0.1, -0.05) is 13.8 Å². The van der Waals surface area contributed by atoms with E-state index >= 15 is 0 Å². The van der Waals surface area contributed by atoms with E-state index in [0.717, 1.165) is 0 Å². The van der Waals surface area contributed by atoms with Crippen LogP contribution in [0.5, 0.6) is 5.95 Å². The molecular formula is C10H16O3. The molecule has 1 heterocycles. The smallest absolute Gasteiger partial charge is 0.284 e. The third-order valence-electron chi connectivity index (χ3n) is 2.41. The van der Waals surface area contributed by atoms with E-state index in [1.807, 2.05) is 13.8 Å². The molecule has 0 saturated carbocycles. The van der Waals surface area contributed by atoms with Crippen molar-refractivity contribution < 1.29 is 14.3 Å². The number of aliphatic hydroxyl groups is 1. The number of ether oxygens (including phenoxy) is 1. The number of methoxy groups -OCH3 is 1. The fourth-order valence-corrected chi connectivity index (χ4v) is 1.28. The maximum atomic E-state index is 10.1. The molecule has 0 amide bonds. The van der Waals surface area contributed by atoms with E-state index in [1.54, 1.807) is 19.2 Å². The van der Waals surface area contributed by atoms with Gasteiger partial charge in [0.15, 0.2) is 0 Å². The summed E-state index contributed by atoms with van der Waals surface area (Å²) in [6.07, 6.45) is 1.28. The van der Waals surface area contributed by atoms with Gasteiger partial charge in [0.1, 0.15) is 11.4 Å². The van der Waals surface area contributed by atoms with E-state index in [-0.39, 0.29) is 0 Å². The third kappa shape index (κ3) is 1.86. The zero-order valence-electron chi connectivity index (χ0n) is 8.33. The van der Waals surface area contributed by atoms with Gasteiger partial charge in [-0.05, 0) is 18.9 Å². The largest absolute Gasteiger partial charge is 0.468 e. The van der Waals surface area contributed by atoms with E-state index in [0.29, 0.717) is 24.5 Å². The lowest BCUT2D eigenvalue weighted by Gasteiger charge is -2.21. The fourth-order valence-electron chi connectivity index (χ4n) is 1.28. The predicted molar refractivity (Wildman–Crippen MR) is 49.7 cm³/mol. The van der Waals surface area contributed by atoms with Gasteiger partial charge in [-0.3, -0.25) is 0 Å². The molecule has 3 nitrogen and oxygen atoms in total. The second-order valence-corrected chi connectivity index (χ2v) is 3.06. The van der Waals surface area contributed by atoms with Crippen LogP contribution in [0.2, 0.25) is 0 Å². The van der Waals surface area contributed by atoms with Gasteiger partial charge < -0.3 is 14.3 Å². The van der Waals surface area contributed by atoms with Crippen molar-refractivity contribution in [1.29, 1.82) is 0 Å². The zero-order valence-corrected chi connectivity index (χ0v) is 8.33. The Morgan fingerprint density at radius 2 is 2.00 bits per heavy atom. The average molecular weight is 184 g/mol. The summed E-state index contributed by atoms with van der Waals surface area (Å²) in [7, 11) is 1.54. The lowest BCUT2D eigenvalue weighted by Crippen LogP contribution is -2.22. The first-order valence-electron chi connectivity index (χ1n) is 4.53. The highest BCUT2D eigenvalue weighted by Crippen LogP contribution is 2.31. The topological polar surface area (TPSA) is 42.6 Å². The first-order valence-corrected chi connectivity index (χ1v) is 4.53. The molecule has 1 aromatic rings. The summed E-state index contributed by atoms with van der Waals surface area (Å²) in [6.45, 7) is 3.86. The van der Waals surface area contributed by atoms with Crippen molar-refractivity contribution in [2.24, 2.45) is 0 Å². The summed E-state index contributed by atoms with van der Waals surface area (Å²) in [6, 6.07) is 3.47. The average Bonchev–Trinajstić information content (AvgIpc) is 2.65. The molecule has 0 aromatic carbocycles. The maximum absolute atomic E-state index is 10.1. The van der Waals surface area contributed by atoms with Crippen LogP contribution < -0.4 is 4.74 Å². The highest BCUT2D eigenvalue weighted by molar-refractivity contribution is 5.16. The molecule has 0 aliphatic rings. The van der Waals surface area contributed by atoms with Crippen molar-refractivity contribution in [1.82, 2.24) is 0 Å². The number of hydrogen-bond acceptors (Lipinski definition) is 3. The molecule has 0 aliphatic heterocycles. The van der Waals surface area contributed by atoms with E-state index in [2.05, 4.69) is 0 Å². The van der Waals surface area contributed by atoms with Gasteiger partial charge >= 0.3 is 0 Å². The fraction of sp³-hybridized carbons (Fsp3) is 0.600. The highest BCUT2D eigenvalue weighted by Gasteiger charge is 2.28. The number of hydrogen-bond donors (Lipinski definition) is 1. The molecule has 0 atom stereocenters. The Bertz CT molecular complexity index is 261. The van der Waals surface area contributed by atoms with Crippen LogP contribution in [0.4, 0.5) is 0 Å². The van der Waals surface area contributed by atoms with Gasteiger partial charge in [-0.25, -0.2) is 0 Å². The Hall–Kier alpha value is -0.960. The number of rotatable bonds is 4. The SMILES string of the molecule is CCC(O)(CC)c1ccc(OC)o1. The lowest BCUT2D eigenvalue weighted by molar-refractivity contribution is 0.00441. The lowest BCUT2D eigenvalue weighted by atomic mass is 9.95. The molecule has 0 fully saturated rings. The van der Waals surface area contributed by atoms with Crippen molar-refractivity contribution >= 4 is 0 Å². The van der Waals surface area contributed by atoms with Crippen LogP contribution >= 0.6 is 0 Å². The molecule has 0 saturated heterocycles. The van der Waals surface area contributed by atoms with Crippen LogP contribution in [0.1, 0.15) is 32.4 Å². The first kappa shape index (κ1) is 10.1. The Morgan fingerprint density at radius 3 is 2.38 bits per heavy atom. The summed E-state index contributed by atoms with van der Waals surface area (Å²) >= 11 is 0. The standard InChI is InChI=1S/C10H16O3/c1-4-10(11,5-2)8-6-7-9(12-3)13-8/h6-7,11H,4-5H2,1-3H3. The minimum atomic E-state index is -0.850. The first-order chi connectivity index (χ1) is 6.16. The van der Waals surface area contributed by atoms with Crippen LogP contribution in [-0.4, -0.2) is 12.2 Å². The summed E-state index contributed by atoms with van der Waals surface area (Å²) < 4.78 is 10.2. The molecule has 0 unspecified atom stereocenters. The molecule has 1 rings (SSSR count). The van der Waals surface area contributed by atoms with Crippen molar-refractivity contribution in [3.05, 3.63) is 17.9 Å². The van der Waals surface area contributed by atoms with Crippen LogP contribution in [0, 0.1) is 0 Å². The summed E-state index contributed by atoms with van der Waals surface area (Å²) in [4.78, 5) is 0. The third-order valence-corrected chi connectivity index (χ3v) is 2.41. The zero-order chi connectivity index (χ0) is 9.90. The Balaban J connectivity index is 2.91. The van der Waals surface area contributed by atoms with E-state index in [4.69, 9.17) is 9.15 Å². The number of furan rings is 1. The van der Waals surface area contributed by atoms with Gasteiger partial charge in [0.25, 0.3) is 5.95 Å². The van der Waals surface area contributed by atoms with Gasteiger partial charge in [0.05, 0.1) is 7.11 Å². The molecular weight excluding hydrogens is 168 g/mol. The van der Waals surface area contributed by atoms with Crippen molar-refractivity contribution in [3.63, 3.8) is 0 Å². The van der Waals surface area contributed by atoms with E-state index in [1.165, 1.54) is 0 Å². The van der Waals surface area contributed by atoms with Crippen LogP contribution in [0.15, 0.2) is 16.5 Å². The van der Waals surface area contributed by atoms with Crippen molar-refractivity contribution in [2.75, 3.05) is 7.11 Å². The van der Waals surface area contributed by atoms with Gasteiger partial charge in [0, 0.05) is 6.07 Å². The molecule has 0 spiro atoms. The molecule has 0 radical (unpaired) electrons. The van der Waals surface area contributed by atoms with Gasteiger partial charge in [-0.15, -0.1) is 0 Å². The molecule has 13 heavy (non-hydrogen) atoms. The van der Waals surface area contributed by atoms with E-state index < -0.39 is 5.60 Å². The van der Waals surface area contributed by atoms with Gasteiger partial charge in [0.2, 0.25) is 0 Å². The minimum Gasteiger partial charge on any atom is -0.468 e. The molecule has 3 heteroatoms. The summed E-state index contributed by atoms with van der Waals surface area (Å²) in [5.74, 6) is 1.02. The minimum absolute atomic E-state index is 0.440. The Morgan fingerprint density at radius 1 is 1.38 bits per heavy atom. The van der Waals surface area contributed by atoms with Crippen molar-refractivity contribution in [3.8, 4) is 5.95 Å². The quantitative estimate of drug-likeness (QED) is 0.780. The van der Waals surface area contributed by atoms with E-state index in [9.17, 15) is 5.11 Å².